The third-order valence-electron chi connectivity index (χ3n) is 5.74. The number of imidazole rings is 1. The molecule has 2 aromatic carbocycles. The maximum atomic E-state index is 11.5. The molecule has 0 fully saturated rings. The monoisotopic (exact) mass is 533 g/mol. The van der Waals surface area contributed by atoms with E-state index in [0.717, 1.165) is 28.1 Å². The van der Waals surface area contributed by atoms with Gasteiger partial charge in [-0.3, -0.25) is 14.7 Å². The zero-order valence-corrected chi connectivity index (χ0v) is 23.3. The van der Waals surface area contributed by atoms with Gasteiger partial charge in [0.1, 0.15) is 12.5 Å². The first-order valence-electron chi connectivity index (χ1n) is 12.0. The predicted octanol–water partition coefficient (Wildman–Crippen LogP) is 7.30. The normalized spacial score (nSPS) is 11.5. The third-order valence-corrected chi connectivity index (χ3v) is 8.12. The number of anilines is 2. The van der Waals surface area contributed by atoms with Crippen LogP contribution in [0.3, 0.4) is 0 Å². The fraction of sp³-hybridized carbons (Fsp3) is 0.259. The van der Waals surface area contributed by atoms with Gasteiger partial charge in [-0.2, -0.15) is 0 Å². The highest BCUT2D eigenvalue weighted by molar-refractivity contribution is 7.98. The molecule has 4 rings (SSSR count). The van der Waals surface area contributed by atoms with E-state index in [9.17, 15) is 10.1 Å². The molecule has 10 heteroatoms. The number of nitro groups is 1. The predicted molar refractivity (Wildman–Crippen MR) is 153 cm³/mol. The Kier molecular flexibility index (Phi) is 8.42. The van der Waals surface area contributed by atoms with Gasteiger partial charge in [-0.25, -0.2) is 9.97 Å². The van der Waals surface area contributed by atoms with Gasteiger partial charge in [-0.15, -0.1) is 0 Å². The Morgan fingerprint density at radius 1 is 1.05 bits per heavy atom. The molecular weight excluding hydrogens is 502 g/mol. The van der Waals surface area contributed by atoms with Gasteiger partial charge in [0.2, 0.25) is 0 Å². The summed E-state index contributed by atoms with van der Waals surface area (Å²) in [7, 11) is -1.24. The van der Waals surface area contributed by atoms with Crippen LogP contribution in [-0.4, -0.2) is 40.4 Å². The summed E-state index contributed by atoms with van der Waals surface area (Å²) in [5.74, 6) is 0.687. The van der Waals surface area contributed by atoms with Crippen molar-refractivity contribution < 1.29 is 9.66 Å². The largest absolute Gasteiger partial charge is 0.361 e. The lowest BCUT2D eigenvalue weighted by molar-refractivity contribution is -0.384. The highest BCUT2D eigenvalue weighted by Gasteiger charge is 2.22. The molecule has 192 valence electrons. The summed E-state index contributed by atoms with van der Waals surface area (Å²) in [6.45, 7) is 7.98. The summed E-state index contributed by atoms with van der Waals surface area (Å²) in [5, 5.41) is 15.6. The van der Waals surface area contributed by atoms with E-state index in [-0.39, 0.29) is 10.6 Å². The van der Waals surface area contributed by atoms with Crippen molar-refractivity contribution in [1.82, 2.24) is 14.5 Å². The van der Waals surface area contributed by atoms with E-state index < -0.39 is 8.07 Å². The molecule has 0 aliphatic rings. The summed E-state index contributed by atoms with van der Waals surface area (Å²) < 4.78 is 8.19. The van der Waals surface area contributed by atoms with Crippen LogP contribution < -0.4 is 5.32 Å². The first-order chi connectivity index (χ1) is 17.7. The fourth-order valence-corrected chi connectivity index (χ4v) is 5.12. The number of thioether (sulfide) groups is 1. The molecule has 2 heterocycles. The van der Waals surface area contributed by atoms with Crippen LogP contribution in [0.1, 0.15) is 0 Å². The molecule has 0 unspecified atom stereocenters. The summed E-state index contributed by atoms with van der Waals surface area (Å²) >= 11 is 1.52. The average Bonchev–Trinajstić information content (AvgIpc) is 3.25. The molecule has 0 bridgehead atoms. The molecule has 0 saturated carbocycles. The van der Waals surface area contributed by atoms with E-state index >= 15 is 0 Å². The van der Waals surface area contributed by atoms with Gasteiger partial charge in [0.15, 0.2) is 5.16 Å². The number of non-ortho nitro benzene ring substituents is 1. The molecule has 0 spiro atoms. The minimum absolute atomic E-state index is 0.0243. The topological polar surface area (TPSA) is 95.1 Å². The first kappa shape index (κ1) is 26.6. The van der Waals surface area contributed by atoms with Crippen molar-refractivity contribution in [3.63, 3.8) is 0 Å². The number of hydrogen-bond acceptors (Lipinski definition) is 7. The van der Waals surface area contributed by atoms with Crippen molar-refractivity contribution in [2.45, 2.75) is 37.6 Å². The van der Waals surface area contributed by atoms with E-state index in [4.69, 9.17) is 9.72 Å². The number of nitrogens with zero attached hydrogens (tertiary/aromatic N) is 4. The van der Waals surface area contributed by atoms with E-state index in [1.807, 2.05) is 59.4 Å². The Labute approximate surface area is 222 Å². The van der Waals surface area contributed by atoms with Crippen molar-refractivity contribution >= 4 is 37.0 Å². The van der Waals surface area contributed by atoms with E-state index in [1.54, 1.807) is 18.3 Å². The maximum Gasteiger partial charge on any atom is 0.270 e. The Bertz CT molecular complexity index is 1370. The quantitative estimate of drug-likeness (QED) is 0.0710. The van der Waals surface area contributed by atoms with Crippen LogP contribution in [0.25, 0.3) is 22.5 Å². The molecule has 2 aromatic heterocycles. The van der Waals surface area contributed by atoms with Gasteiger partial charge in [0.25, 0.3) is 5.69 Å². The lowest BCUT2D eigenvalue weighted by Crippen LogP contribution is -2.22. The lowest BCUT2D eigenvalue weighted by Gasteiger charge is -2.17. The van der Waals surface area contributed by atoms with Gasteiger partial charge in [-0.05, 0) is 36.6 Å². The highest BCUT2D eigenvalue weighted by Crippen LogP contribution is 2.37. The van der Waals surface area contributed by atoms with Crippen LogP contribution in [0.5, 0.6) is 0 Å². The first-order valence-corrected chi connectivity index (χ1v) is 16.9. The maximum absolute atomic E-state index is 11.5. The zero-order chi connectivity index (χ0) is 26.4. The number of hydrogen-bond donors (Lipinski definition) is 1. The van der Waals surface area contributed by atoms with Crippen molar-refractivity contribution in [3.05, 3.63) is 83.0 Å². The van der Waals surface area contributed by atoms with Crippen LogP contribution in [0.15, 0.2) is 78.1 Å². The molecule has 1 N–H and O–H groups in total. The number of nitrogens with one attached hydrogen (secondary N) is 1. The van der Waals surface area contributed by atoms with E-state index in [0.29, 0.717) is 30.4 Å². The number of benzene rings is 2. The summed E-state index contributed by atoms with van der Waals surface area (Å²) in [4.78, 5) is 20.5. The molecule has 0 amide bonds. The van der Waals surface area contributed by atoms with Crippen molar-refractivity contribution in [1.29, 1.82) is 0 Å². The van der Waals surface area contributed by atoms with Gasteiger partial charge in [0.05, 0.1) is 16.3 Å². The van der Waals surface area contributed by atoms with E-state index in [1.165, 1.54) is 17.8 Å². The van der Waals surface area contributed by atoms with Crippen LogP contribution >= 0.6 is 11.8 Å². The summed E-state index contributed by atoms with van der Waals surface area (Å²) in [5.41, 5.74) is 4.01. The SMILES string of the molecule is CSc1nc(-c2cccc([N+](=O)[O-])c2)c(-c2ccnc(Nc3ccccc3)c2)n1COCC[Si](C)(C)C. The highest BCUT2D eigenvalue weighted by atomic mass is 32.2. The smallest absolute Gasteiger partial charge is 0.270 e. The second-order valence-corrected chi connectivity index (χ2v) is 16.2. The second kappa shape index (κ2) is 11.7. The summed E-state index contributed by atoms with van der Waals surface area (Å²) in [6.07, 6.45) is 3.72. The van der Waals surface area contributed by atoms with Crippen LogP contribution in [0.4, 0.5) is 17.2 Å². The minimum atomic E-state index is -1.24. The third kappa shape index (κ3) is 6.85. The average molecular weight is 534 g/mol. The van der Waals surface area contributed by atoms with Gasteiger partial charge in [0, 0.05) is 49.8 Å². The van der Waals surface area contributed by atoms with Crippen molar-refractivity contribution in [2.24, 2.45) is 0 Å². The number of ether oxygens (including phenoxy) is 1. The Morgan fingerprint density at radius 2 is 1.84 bits per heavy atom. The molecule has 37 heavy (non-hydrogen) atoms. The molecule has 0 aliphatic carbocycles. The minimum Gasteiger partial charge on any atom is -0.361 e. The van der Waals surface area contributed by atoms with Gasteiger partial charge < -0.3 is 10.1 Å². The number of aromatic nitrogens is 3. The van der Waals surface area contributed by atoms with Crippen LogP contribution in [-0.2, 0) is 11.5 Å². The molecule has 0 aliphatic heterocycles. The van der Waals surface area contributed by atoms with Crippen LogP contribution in [0, 0.1) is 10.1 Å². The number of para-hydroxylation sites is 1. The second-order valence-electron chi connectivity index (χ2n) is 9.80. The summed E-state index contributed by atoms with van der Waals surface area (Å²) in [6, 6.07) is 21.4. The lowest BCUT2D eigenvalue weighted by atomic mass is 10.0. The number of pyridine rings is 1. The van der Waals surface area contributed by atoms with Gasteiger partial charge in [-0.1, -0.05) is 61.7 Å². The van der Waals surface area contributed by atoms with E-state index in [2.05, 4.69) is 29.9 Å². The molecule has 8 nitrogen and oxygen atoms in total. The Hall–Kier alpha value is -3.47. The number of nitro benzene ring substituents is 1. The van der Waals surface area contributed by atoms with Crippen molar-refractivity contribution in [3.8, 4) is 22.5 Å². The molecular formula is C27H31N5O3SSi. The van der Waals surface area contributed by atoms with Crippen molar-refractivity contribution in [2.75, 3.05) is 18.2 Å². The molecule has 4 aromatic rings. The Morgan fingerprint density at radius 3 is 2.54 bits per heavy atom. The Balaban J connectivity index is 1.79. The van der Waals surface area contributed by atoms with Crippen LogP contribution in [0.2, 0.25) is 25.7 Å². The molecule has 0 atom stereocenters. The molecule has 0 saturated heterocycles. The fourth-order valence-electron chi connectivity index (χ4n) is 3.82. The molecule has 0 radical (unpaired) electrons. The van der Waals surface area contributed by atoms with Gasteiger partial charge >= 0.3 is 0 Å². The number of rotatable bonds is 11. The zero-order valence-electron chi connectivity index (χ0n) is 21.5. The standard InChI is InChI=1S/C27H31N5O3SSi/c1-36-27-30-25(20-9-8-12-23(17-20)32(33)34)26(31(27)19-35-15-16-37(2,3)4)21-13-14-28-24(18-21)29-22-10-6-5-7-11-22/h5-14,17-18H,15-16,19H2,1-4H3,(H,28,29).